The highest BCUT2D eigenvalue weighted by molar-refractivity contribution is 5.22. The van der Waals surface area contributed by atoms with Gasteiger partial charge in [-0.05, 0) is 48.9 Å². The number of hydrogen-bond acceptors (Lipinski definition) is 1. The minimum absolute atomic E-state index is 0.150. The molecule has 0 saturated heterocycles. The monoisotopic (exact) mass is 267 g/mol. The van der Waals surface area contributed by atoms with Crippen LogP contribution >= 0.6 is 0 Å². The van der Waals surface area contributed by atoms with Gasteiger partial charge in [-0.3, -0.25) is 0 Å². The van der Waals surface area contributed by atoms with Crippen LogP contribution in [0.2, 0.25) is 0 Å². The molecular weight excluding hydrogens is 244 g/mol. The van der Waals surface area contributed by atoms with E-state index in [1.54, 1.807) is 6.07 Å². The van der Waals surface area contributed by atoms with Crippen molar-refractivity contribution < 1.29 is 8.78 Å². The van der Waals surface area contributed by atoms with Crippen LogP contribution in [0.5, 0.6) is 0 Å². The van der Waals surface area contributed by atoms with E-state index >= 15 is 0 Å². The summed E-state index contributed by atoms with van der Waals surface area (Å²) in [4.78, 5) is 0. The zero-order valence-electron chi connectivity index (χ0n) is 11.8. The van der Waals surface area contributed by atoms with Gasteiger partial charge in [0.1, 0.15) is 0 Å². The van der Waals surface area contributed by atoms with Crippen molar-refractivity contribution in [2.75, 3.05) is 6.54 Å². The average molecular weight is 267 g/mol. The Kier molecular flexibility index (Phi) is 4.92. The molecule has 1 aliphatic carbocycles. The Labute approximate surface area is 114 Å². The lowest BCUT2D eigenvalue weighted by atomic mass is 9.90. The van der Waals surface area contributed by atoms with Crippen LogP contribution in [0.1, 0.15) is 51.1 Å². The minimum Gasteiger partial charge on any atom is -0.310 e. The molecule has 0 aliphatic heterocycles. The predicted octanol–water partition coefficient (Wildman–Crippen LogP) is 4.44. The Hall–Kier alpha value is -0.960. The molecule has 0 spiro atoms. The fourth-order valence-electron chi connectivity index (χ4n) is 3.27. The first-order valence-electron chi connectivity index (χ1n) is 7.34. The summed E-state index contributed by atoms with van der Waals surface area (Å²) < 4.78 is 26.5. The summed E-state index contributed by atoms with van der Waals surface area (Å²) in [5.41, 5.74) is 0.877. The van der Waals surface area contributed by atoms with Gasteiger partial charge in [-0.1, -0.05) is 32.8 Å². The van der Waals surface area contributed by atoms with Crippen molar-refractivity contribution in [3.63, 3.8) is 0 Å². The first kappa shape index (κ1) is 14.4. The van der Waals surface area contributed by atoms with Gasteiger partial charge in [0.05, 0.1) is 0 Å². The SMILES string of the molecule is CCNC(c1ccc(F)c(F)c1)C1CCC(CC)C1. The van der Waals surface area contributed by atoms with Crippen molar-refractivity contribution in [3.05, 3.63) is 35.4 Å². The van der Waals surface area contributed by atoms with Crippen LogP contribution < -0.4 is 5.32 Å². The molecule has 0 aromatic heterocycles. The zero-order valence-corrected chi connectivity index (χ0v) is 11.8. The van der Waals surface area contributed by atoms with Gasteiger partial charge in [-0.15, -0.1) is 0 Å². The van der Waals surface area contributed by atoms with Crippen LogP contribution in [0.4, 0.5) is 8.78 Å². The summed E-state index contributed by atoms with van der Waals surface area (Å²) >= 11 is 0. The number of benzene rings is 1. The van der Waals surface area contributed by atoms with E-state index in [1.807, 2.05) is 0 Å². The van der Waals surface area contributed by atoms with Crippen molar-refractivity contribution in [1.29, 1.82) is 0 Å². The minimum atomic E-state index is -0.767. The van der Waals surface area contributed by atoms with E-state index in [4.69, 9.17) is 0 Å². The van der Waals surface area contributed by atoms with E-state index in [0.717, 1.165) is 18.0 Å². The lowest BCUT2D eigenvalue weighted by Crippen LogP contribution is -2.27. The molecule has 1 saturated carbocycles. The van der Waals surface area contributed by atoms with Crippen LogP contribution in [-0.4, -0.2) is 6.54 Å². The van der Waals surface area contributed by atoms with Crippen LogP contribution in [-0.2, 0) is 0 Å². The molecule has 106 valence electrons. The summed E-state index contributed by atoms with van der Waals surface area (Å²) in [6.07, 6.45) is 4.84. The molecule has 1 N–H and O–H groups in total. The Morgan fingerprint density at radius 2 is 2.00 bits per heavy atom. The molecule has 1 nitrogen and oxygen atoms in total. The first-order valence-corrected chi connectivity index (χ1v) is 7.34. The van der Waals surface area contributed by atoms with Crippen LogP contribution in [0.25, 0.3) is 0 Å². The molecule has 0 bridgehead atoms. The lowest BCUT2D eigenvalue weighted by Gasteiger charge is -2.25. The maximum Gasteiger partial charge on any atom is 0.159 e. The molecule has 3 unspecified atom stereocenters. The number of halogens is 2. The van der Waals surface area contributed by atoms with Crippen LogP contribution in [0, 0.1) is 23.5 Å². The molecule has 1 fully saturated rings. The van der Waals surface area contributed by atoms with E-state index in [-0.39, 0.29) is 6.04 Å². The highest BCUT2D eigenvalue weighted by atomic mass is 19.2. The van der Waals surface area contributed by atoms with Crippen molar-refractivity contribution in [2.45, 2.75) is 45.6 Å². The highest BCUT2D eigenvalue weighted by Crippen LogP contribution is 2.40. The summed E-state index contributed by atoms with van der Waals surface area (Å²) in [5, 5.41) is 3.44. The van der Waals surface area contributed by atoms with E-state index in [1.165, 1.54) is 37.8 Å². The van der Waals surface area contributed by atoms with Gasteiger partial charge >= 0.3 is 0 Å². The predicted molar refractivity (Wildman–Crippen MR) is 73.9 cm³/mol. The molecule has 3 atom stereocenters. The van der Waals surface area contributed by atoms with E-state index in [0.29, 0.717) is 5.92 Å². The van der Waals surface area contributed by atoms with Gasteiger partial charge in [0.25, 0.3) is 0 Å². The second-order valence-corrected chi connectivity index (χ2v) is 5.56. The fraction of sp³-hybridized carbons (Fsp3) is 0.625. The number of rotatable bonds is 5. The van der Waals surface area contributed by atoms with Crippen molar-refractivity contribution >= 4 is 0 Å². The standard InChI is InChI=1S/C16H23F2N/c1-3-11-5-6-12(9-11)16(19-4-2)13-7-8-14(17)15(18)10-13/h7-8,10-12,16,19H,3-6,9H2,1-2H3. The molecule has 0 radical (unpaired) electrons. The molecule has 1 aliphatic rings. The smallest absolute Gasteiger partial charge is 0.159 e. The molecule has 3 heteroatoms. The second-order valence-electron chi connectivity index (χ2n) is 5.56. The van der Waals surface area contributed by atoms with E-state index in [2.05, 4.69) is 19.2 Å². The maximum atomic E-state index is 13.4. The average Bonchev–Trinajstić information content (AvgIpc) is 2.88. The Morgan fingerprint density at radius 3 is 2.58 bits per heavy atom. The summed E-state index contributed by atoms with van der Waals surface area (Å²) in [7, 11) is 0. The zero-order chi connectivity index (χ0) is 13.8. The topological polar surface area (TPSA) is 12.0 Å². The Morgan fingerprint density at radius 1 is 1.21 bits per heavy atom. The van der Waals surface area contributed by atoms with Gasteiger partial charge in [0.15, 0.2) is 11.6 Å². The Bertz CT molecular complexity index is 419. The fourth-order valence-corrected chi connectivity index (χ4v) is 3.27. The molecule has 1 aromatic rings. The third-order valence-electron chi connectivity index (χ3n) is 4.36. The van der Waals surface area contributed by atoms with Crippen molar-refractivity contribution in [1.82, 2.24) is 5.32 Å². The number of hydrogen-bond donors (Lipinski definition) is 1. The molecular formula is C16H23F2N. The third-order valence-corrected chi connectivity index (χ3v) is 4.36. The highest BCUT2D eigenvalue weighted by Gasteiger charge is 2.30. The molecule has 0 amide bonds. The van der Waals surface area contributed by atoms with Gasteiger partial charge in [-0.2, -0.15) is 0 Å². The quantitative estimate of drug-likeness (QED) is 0.831. The summed E-state index contributed by atoms with van der Waals surface area (Å²) in [6.45, 7) is 5.13. The van der Waals surface area contributed by atoms with E-state index < -0.39 is 11.6 Å². The van der Waals surface area contributed by atoms with Crippen molar-refractivity contribution in [3.8, 4) is 0 Å². The summed E-state index contributed by atoms with van der Waals surface area (Å²) in [5.74, 6) is -0.187. The molecule has 0 heterocycles. The molecule has 19 heavy (non-hydrogen) atoms. The summed E-state index contributed by atoms with van der Waals surface area (Å²) in [6, 6.07) is 4.45. The first-order chi connectivity index (χ1) is 9.15. The lowest BCUT2D eigenvalue weighted by molar-refractivity contribution is 0.357. The largest absolute Gasteiger partial charge is 0.310 e. The van der Waals surface area contributed by atoms with Gasteiger partial charge in [-0.25, -0.2) is 8.78 Å². The maximum absolute atomic E-state index is 13.4. The van der Waals surface area contributed by atoms with Gasteiger partial charge in [0, 0.05) is 6.04 Å². The van der Waals surface area contributed by atoms with Crippen LogP contribution in [0.15, 0.2) is 18.2 Å². The normalized spacial score (nSPS) is 24.6. The van der Waals surface area contributed by atoms with Gasteiger partial charge < -0.3 is 5.32 Å². The second kappa shape index (κ2) is 6.47. The third kappa shape index (κ3) is 3.33. The van der Waals surface area contributed by atoms with Crippen LogP contribution in [0.3, 0.4) is 0 Å². The molecule has 1 aromatic carbocycles. The van der Waals surface area contributed by atoms with E-state index in [9.17, 15) is 8.78 Å². The van der Waals surface area contributed by atoms with Crippen molar-refractivity contribution in [2.24, 2.45) is 11.8 Å². The molecule has 2 rings (SSSR count). The number of nitrogens with one attached hydrogen (secondary N) is 1. The Balaban J connectivity index is 2.17. The van der Waals surface area contributed by atoms with Gasteiger partial charge in [0.2, 0.25) is 0 Å².